The molecule has 2 aromatic carbocycles. The summed E-state index contributed by atoms with van der Waals surface area (Å²) in [5.41, 5.74) is 3.11. The standard InChI is InChI=1S/C24H27N5O4S/c1-3-23-22(17-19-7-5-4-6-8-19)24(26-18(2)25-23)27-13-15-28(16-14-27)34(32,33)21-11-9-20(10-12-21)29(30)31/h4-12H,3,13-17H2,1-2H3. The molecule has 1 saturated heterocycles. The van der Waals surface area contributed by atoms with Crippen molar-refractivity contribution < 1.29 is 13.3 Å². The number of anilines is 1. The zero-order chi connectivity index (χ0) is 24.3. The SMILES string of the molecule is CCc1nc(C)nc(N2CCN(S(=O)(=O)c3ccc([N+](=O)[O-])cc3)CC2)c1Cc1ccccc1. The summed E-state index contributed by atoms with van der Waals surface area (Å²) >= 11 is 0. The van der Waals surface area contributed by atoms with Crippen LogP contribution in [0.3, 0.4) is 0 Å². The van der Waals surface area contributed by atoms with Gasteiger partial charge in [0.1, 0.15) is 11.6 Å². The average Bonchev–Trinajstić information content (AvgIpc) is 2.85. The van der Waals surface area contributed by atoms with Gasteiger partial charge in [0.2, 0.25) is 10.0 Å². The van der Waals surface area contributed by atoms with Crippen LogP contribution in [0.15, 0.2) is 59.5 Å². The number of nitrogens with zero attached hydrogens (tertiary/aromatic N) is 5. The molecule has 4 rings (SSSR count). The van der Waals surface area contributed by atoms with Gasteiger partial charge in [0.25, 0.3) is 5.69 Å². The molecule has 0 bridgehead atoms. The Labute approximate surface area is 199 Å². The molecule has 0 aliphatic carbocycles. The van der Waals surface area contributed by atoms with Crippen molar-refractivity contribution in [3.8, 4) is 0 Å². The highest BCUT2D eigenvalue weighted by atomic mass is 32.2. The maximum atomic E-state index is 13.1. The number of non-ortho nitro benzene ring substituents is 1. The van der Waals surface area contributed by atoms with Crippen molar-refractivity contribution in [1.82, 2.24) is 14.3 Å². The van der Waals surface area contributed by atoms with Gasteiger partial charge in [-0.25, -0.2) is 18.4 Å². The molecule has 2 heterocycles. The molecule has 10 heteroatoms. The lowest BCUT2D eigenvalue weighted by Gasteiger charge is -2.36. The average molecular weight is 482 g/mol. The van der Waals surface area contributed by atoms with Crippen LogP contribution in [0.25, 0.3) is 0 Å². The van der Waals surface area contributed by atoms with Crippen LogP contribution in [-0.2, 0) is 22.9 Å². The molecular formula is C24H27N5O4S. The number of aryl methyl sites for hydroxylation is 2. The Bertz CT molecular complexity index is 1270. The Hall–Kier alpha value is -3.37. The fourth-order valence-electron chi connectivity index (χ4n) is 4.20. The smallest absolute Gasteiger partial charge is 0.269 e. The zero-order valence-electron chi connectivity index (χ0n) is 19.2. The van der Waals surface area contributed by atoms with Crippen molar-refractivity contribution in [2.75, 3.05) is 31.1 Å². The van der Waals surface area contributed by atoms with Crippen LogP contribution in [0.2, 0.25) is 0 Å². The molecular weight excluding hydrogens is 454 g/mol. The highest BCUT2D eigenvalue weighted by molar-refractivity contribution is 7.89. The first-order chi connectivity index (χ1) is 16.3. The molecule has 9 nitrogen and oxygen atoms in total. The quantitative estimate of drug-likeness (QED) is 0.376. The van der Waals surface area contributed by atoms with Crippen molar-refractivity contribution in [3.63, 3.8) is 0 Å². The Kier molecular flexibility index (Phi) is 6.90. The van der Waals surface area contributed by atoms with E-state index in [0.717, 1.165) is 23.5 Å². The lowest BCUT2D eigenvalue weighted by molar-refractivity contribution is -0.384. The monoisotopic (exact) mass is 481 g/mol. The summed E-state index contributed by atoms with van der Waals surface area (Å²) in [7, 11) is -3.74. The van der Waals surface area contributed by atoms with Crippen LogP contribution < -0.4 is 4.90 Å². The van der Waals surface area contributed by atoms with Crippen LogP contribution >= 0.6 is 0 Å². The van der Waals surface area contributed by atoms with Gasteiger partial charge >= 0.3 is 0 Å². The van der Waals surface area contributed by atoms with Crippen LogP contribution in [0.5, 0.6) is 0 Å². The van der Waals surface area contributed by atoms with Crippen LogP contribution in [0.4, 0.5) is 11.5 Å². The number of sulfonamides is 1. The molecule has 1 aliphatic heterocycles. The second-order valence-corrected chi connectivity index (χ2v) is 10.1. The van der Waals surface area contributed by atoms with E-state index in [1.807, 2.05) is 25.1 Å². The van der Waals surface area contributed by atoms with E-state index < -0.39 is 14.9 Å². The maximum Gasteiger partial charge on any atom is 0.269 e. The van der Waals surface area contributed by atoms with Gasteiger partial charge in [0.05, 0.1) is 9.82 Å². The predicted molar refractivity (Wildman–Crippen MR) is 129 cm³/mol. The normalized spacial score (nSPS) is 14.8. The summed E-state index contributed by atoms with van der Waals surface area (Å²) in [4.78, 5) is 21.9. The first kappa shape index (κ1) is 23.8. The van der Waals surface area contributed by atoms with Crippen molar-refractivity contribution in [3.05, 3.63) is 87.4 Å². The first-order valence-corrected chi connectivity index (χ1v) is 12.6. The predicted octanol–water partition coefficient (Wildman–Crippen LogP) is 3.36. The Morgan fingerprint density at radius 3 is 2.21 bits per heavy atom. The molecule has 0 unspecified atom stereocenters. The van der Waals surface area contributed by atoms with E-state index >= 15 is 0 Å². The summed E-state index contributed by atoms with van der Waals surface area (Å²) in [6.45, 7) is 5.55. The highest BCUT2D eigenvalue weighted by Gasteiger charge is 2.30. The summed E-state index contributed by atoms with van der Waals surface area (Å²) in [5, 5.41) is 10.9. The van der Waals surface area contributed by atoms with Gasteiger partial charge in [0.15, 0.2) is 0 Å². The van der Waals surface area contributed by atoms with Gasteiger partial charge in [-0.2, -0.15) is 4.31 Å². The van der Waals surface area contributed by atoms with Crippen molar-refractivity contribution in [2.24, 2.45) is 0 Å². The molecule has 0 saturated carbocycles. The fourth-order valence-corrected chi connectivity index (χ4v) is 5.62. The number of hydrogen-bond acceptors (Lipinski definition) is 7. The largest absolute Gasteiger partial charge is 0.354 e. The lowest BCUT2D eigenvalue weighted by Crippen LogP contribution is -2.49. The summed E-state index contributed by atoms with van der Waals surface area (Å²) < 4.78 is 27.6. The molecule has 34 heavy (non-hydrogen) atoms. The minimum Gasteiger partial charge on any atom is -0.354 e. The van der Waals surface area contributed by atoms with Crippen LogP contribution in [-0.4, -0.2) is 53.8 Å². The van der Waals surface area contributed by atoms with Crippen LogP contribution in [0, 0.1) is 17.0 Å². The van der Waals surface area contributed by atoms with E-state index in [2.05, 4.69) is 28.9 Å². The van der Waals surface area contributed by atoms with E-state index in [-0.39, 0.29) is 10.6 Å². The van der Waals surface area contributed by atoms with E-state index in [0.29, 0.717) is 38.4 Å². The Morgan fingerprint density at radius 2 is 1.62 bits per heavy atom. The molecule has 0 N–H and O–H groups in total. The Morgan fingerprint density at radius 1 is 0.971 bits per heavy atom. The molecule has 178 valence electrons. The second-order valence-electron chi connectivity index (χ2n) is 8.18. The Balaban J connectivity index is 1.56. The van der Waals surface area contributed by atoms with Crippen molar-refractivity contribution >= 4 is 21.5 Å². The van der Waals surface area contributed by atoms with Crippen molar-refractivity contribution in [1.29, 1.82) is 0 Å². The number of nitro groups is 1. The number of piperazine rings is 1. The van der Waals surface area contributed by atoms with E-state index in [9.17, 15) is 18.5 Å². The molecule has 1 fully saturated rings. The van der Waals surface area contributed by atoms with Gasteiger partial charge in [-0.1, -0.05) is 37.3 Å². The molecule has 0 spiro atoms. The van der Waals surface area contributed by atoms with Gasteiger partial charge in [-0.3, -0.25) is 10.1 Å². The summed E-state index contributed by atoms with van der Waals surface area (Å²) in [6.07, 6.45) is 1.49. The van der Waals surface area contributed by atoms with Gasteiger partial charge < -0.3 is 4.90 Å². The summed E-state index contributed by atoms with van der Waals surface area (Å²) in [5.74, 6) is 1.56. The van der Waals surface area contributed by atoms with Gasteiger partial charge in [-0.05, 0) is 31.0 Å². The van der Waals surface area contributed by atoms with Gasteiger partial charge in [-0.15, -0.1) is 0 Å². The fraction of sp³-hybridized carbons (Fsp3) is 0.333. The van der Waals surface area contributed by atoms with Crippen LogP contribution in [0.1, 0.15) is 29.6 Å². The minimum atomic E-state index is -3.74. The number of aromatic nitrogens is 2. The third kappa shape index (κ3) is 4.92. The van der Waals surface area contributed by atoms with E-state index in [1.54, 1.807) is 0 Å². The van der Waals surface area contributed by atoms with E-state index in [1.165, 1.54) is 34.1 Å². The molecule has 3 aromatic rings. The molecule has 0 amide bonds. The highest BCUT2D eigenvalue weighted by Crippen LogP contribution is 2.27. The number of nitro benzene ring substituents is 1. The first-order valence-electron chi connectivity index (χ1n) is 11.2. The second kappa shape index (κ2) is 9.86. The molecule has 1 aromatic heterocycles. The third-order valence-corrected chi connectivity index (χ3v) is 7.88. The lowest BCUT2D eigenvalue weighted by atomic mass is 10.0. The van der Waals surface area contributed by atoms with Crippen molar-refractivity contribution in [2.45, 2.75) is 31.6 Å². The number of rotatable bonds is 7. The van der Waals surface area contributed by atoms with E-state index in [4.69, 9.17) is 4.98 Å². The zero-order valence-corrected chi connectivity index (χ0v) is 20.0. The third-order valence-electron chi connectivity index (χ3n) is 5.96. The number of hydrogen-bond donors (Lipinski definition) is 0. The topological polar surface area (TPSA) is 110 Å². The molecule has 1 aliphatic rings. The minimum absolute atomic E-state index is 0.0578. The maximum absolute atomic E-state index is 13.1. The molecule has 0 radical (unpaired) electrons. The number of benzene rings is 2. The molecule has 0 atom stereocenters. The van der Waals surface area contributed by atoms with Gasteiger partial charge in [0, 0.05) is 56.0 Å². The summed E-state index contributed by atoms with van der Waals surface area (Å²) in [6, 6.07) is 15.2.